The highest BCUT2D eigenvalue weighted by Crippen LogP contribution is 2.18. The Morgan fingerprint density at radius 1 is 1.08 bits per heavy atom. The molecule has 0 aliphatic rings. The molecule has 0 fully saturated rings. The van der Waals surface area contributed by atoms with Gasteiger partial charge in [-0.2, -0.15) is 0 Å². The number of hydrogen-bond acceptors (Lipinski definition) is 7. The Balaban J connectivity index is 1.62. The summed E-state index contributed by atoms with van der Waals surface area (Å²) in [4.78, 5) is 21.9. The summed E-state index contributed by atoms with van der Waals surface area (Å²) in [5, 5.41) is 18.3. The van der Waals surface area contributed by atoms with Crippen LogP contribution < -0.4 is 0 Å². The minimum atomic E-state index is -0.635. The number of benzene rings is 2. The van der Waals surface area contributed by atoms with E-state index in [-0.39, 0.29) is 23.7 Å². The molecule has 0 bridgehead atoms. The van der Waals surface area contributed by atoms with Crippen LogP contribution in [0.1, 0.15) is 16.2 Å². The zero-order valence-corrected chi connectivity index (χ0v) is 12.3. The van der Waals surface area contributed by atoms with Crippen LogP contribution in [-0.2, 0) is 11.3 Å². The fraction of sp³-hybridized carbons (Fsp3) is 0.0625. The van der Waals surface area contributed by atoms with Crippen LogP contribution in [0.15, 0.2) is 59.0 Å². The van der Waals surface area contributed by atoms with Crippen molar-refractivity contribution in [3.05, 3.63) is 76.2 Å². The normalized spacial score (nSPS) is 10.3. The smallest absolute Gasteiger partial charge is 0.338 e. The molecule has 0 amide bonds. The summed E-state index contributed by atoms with van der Waals surface area (Å²) in [6.07, 6.45) is 0. The van der Waals surface area contributed by atoms with Crippen molar-refractivity contribution in [1.29, 1.82) is 0 Å². The summed E-state index contributed by atoms with van der Waals surface area (Å²) in [6, 6.07) is 14.3. The number of rotatable bonds is 5. The molecule has 0 saturated heterocycles. The highest BCUT2D eigenvalue weighted by Gasteiger charge is 2.13. The van der Waals surface area contributed by atoms with E-state index in [0.29, 0.717) is 5.89 Å². The summed E-state index contributed by atoms with van der Waals surface area (Å²) in [6.45, 7) is -0.185. The van der Waals surface area contributed by atoms with Crippen molar-refractivity contribution in [2.24, 2.45) is 0 Å². The average molecular weight is 325 g/mol. The number of nitro benzene ring substituents is 1. The van der Waals surface area contributed by atoms with E-state index in [2.05, 4.69) is 10.2 Å². The quantitative estimate of drug-likeness (QED) is 0.403. The lowest BCUT2D eigenvalue weighted by atomic mass is 10.2. The van der Waals surface area contributed by atoms with Crippen LogP contribution in [0.2, 0.25) is 0 Å². The molecule has 24 heavy (non-hydrogen) atoms. The molecule has 8 nitrogen and oxygen atoms in total. The van der Waals surface area contributed by atoms with E-state index in [1.54, 1.807) is 0 Å². The van der Waals surface area contributed by atoms with Crippen LogP contribution in [0.4, 0.5) is 5.69 Å². The zero-order valence-electron chi connectivity index (χ0n) is 12.3. The Morgan fingerprint density at radius 3 is 2.46 bits per heavy atom. The summed E-state index contributed by atoms with van der Waals surface area (Å²) in [7, 11) is 0. The van der Waals surface area contributed by atoms with E-state index in [0.717, 1.165) is 5.56 Å². The number of ether oxygens (including phenoxy) is 1. The van der Waals surface area contributed by atoms with E-state index in [4.69, 9.17) is 9.15 Å². The molecular weight excluding hydrogens is 314 g/mol. The van der Waals surface area contributed by atoms with E-state index in [1.807, 2.05) is 30.3 Å². The van der Waals surface area contributed by atoms with Gasteiger partial charge in [0.15, 0.2) is 6.61 Å². The van der Waals surface area contributed by atoms with Gasteiger partial charge in [-0.25, -0.2) is 4.79 Å². The summed E-state index contributed by atoms with van der Waals surface area (Å²) < 4.78 is 10.5. The monoisotopic (exact) mass is 325 g/mol. The molecule has 1 aromatic heterocycles. The van der Waals surface area contributed by atoms with E-state index < -0.39 is 10.9 Å². The molecule has 0 aliphatic carbocycles. The van der Waals surface area contributed by atoms with Crippen molar-refractivity contribution < 1.29 is 18.9 Å². The first-order valence-corrected chi connectivity index (χ1v) is 6.93. The standard InChI is InChI=1S/C16H11N3O5/c20-16(12-6-8-13(9-7-12)19(21)22)23-10-14-17-18-15(24-14)11-4-2-1-3-5-11/h1-9H,10H2. The second-order valence-corrected chi connectivity index (χ2v) is 4.75. The van der Waals surface area contributed by atoms with Gasteiger partial charge in [-0.05, 0) is 24.3 Å². The fourth-order valence-electron chi connectivity index (χ4n) is 1.94. The average Bonchev–Trinajstić information content (AvgIpc) is 3.09. The first kappa shape index (κ1) is 15.3. The molecule has 3 rings (SSSR count). The highest BCUT2D eigenvalue weighted by atomic mass is 16.6. The van der Waals surface area contributed by atoms with Crippen LogP contribution in [0, 0.1) is 10.1 Å². The molecule has 2 aromatic carbocycles. The lowest BCUT2D eigenvalue weighted by molar-refractivity contribution is -0.384. The number of carbonyl (C=O) groups is 1. The first-order chi connectivity index (χ1) is 11.6. The minimum absolute atomic E-state index is 0.101. The van der Waals surface area contributed by atoms with Gasteiger partial charge in [0.05, 0.1) is 10.5 Å². The molecule has 0 N–H and O–H groups in total. The second kappa shape index (κ2) is 6.69. The van der Waals surface area contributed by atoms with E-state index in [9.17, 15) is 14.9 Å². The first-order valence-electron chi connectivity index (χ1n) is 6.93. The molecule has 0 saturated carbocycles. The van der Waals surface area contributed by atoms with Gasteiger partial charge in [0.2, 0.25) is 5.89 Å². The van der Waals surface area contributed by atoms with Gasteiger partial charge >= 0.3 is 5.97 Å². The number of aromatic nitrogens is 2. The fourth-order valence-corrected chi connectivity index (χ4v) is 1.94. The number of carbonyl (C=O) groups excluding carboxylic acids is 1. The Labute approximate surface area is 135 Å². The SMILES string of the molecule is O=C(OCc1nnc(-c2ccccc2)o1)c1ccc([N+](=O)[O-])cc1. The van der Waals surface area contributed by atoms with Gasteiger partial charge in [0.25, 0.3) is 11.6 Å². The molecule has 1 heterocycles. The molecular formula is C16H11N3O5. The van der Waals surface area contributed by atoms with Gasteiger partial charge in [-0.15, -0.1) is 10.2 Å². The molecule has 3 aromatic rings. The predicted octanol–water partition coefficient (Wildman–Crippen LogP) is 3.00. The van der Waals surface area contributed by atoms with Gasteiger partial charge in [-0.3, -0.25) is 10.1 Å². The maximum absolute atomic E-state index is 11.9. The molecule has 0 atom stereocenters. The van der Waals surface area contributed by atoms with Crippen molar-refractivity contribution in [1.82, 2.24) is 10.2 Å². The molecule has 0 unspecified atom stereocenters. The predicted molar refractivity (Wildman–Crippen MR) is 81.9 cm³/mol. The summed E-state index contributed by atoms with van der Waals surface area (Å²) >= 11 is 0. The van der Waals surface area contributed by atoms with Crippen LogP contribution in [0.25, 0.3) is 11.5 Å². The number of nitro groups is 1. The largest absolute Gasteiger partial charge is 0.452 e. The van der Waals surface area contributed by atoms with Crippen molar-refractivity contribution >= 4 is 11.7 Å². The van der Waals surface area contributed by atoms with Gasteiger partial charge < -0.3 is 9.15 Å². The third kappa shape index (κ3) is 3.43. The van der Waals surface area contributed by atoms with Crippen LogP contribution in [-0.4, -0.2) is 21.1 Å². The maximum Gasteiger partial charge on any atom is 0.338 e. The molecule has 0 spiro atoms. The van der Waals surface area contributed by atoms with Crippen molar-refractivity contribution in [3.8, 4) is 11.5 Å². The number of esters is 1. The Kier molecular flexibility index (Phi) is 4.28. The van der Waals surface area contributed by atoms with Crippen LogP contribution in [0.3, 0.4) is 0 Å². The van der Waals surface area contributed by atoms with Crippen molar-refractivity contribution in [3.63, 3.8) is 0 Å². The molecule has 120 valence electrons. The van der Waals surface area contributed by atoms with Crippen molar-refractivity contribution in [2.75, 3.05) is 0 Å². The van der Waals surface area contributed by atoms with Crippen molar-refractivity contribution in [2.45, 2.75) is 6.61 Å². The highest BCUT2D eigenvalue weighted by molar-refractivity contribution is 5.89. The molecule has 0 aliphatic heterocycles. The third-order valence-corrected chi connectivity index (χ3v) is 3.13. The van der Waals surface area contributed by atoms with Gasteiger partial charge in [0, 0.05) is 17.7 Å². The topological polar surface area (TPSA) is 108 Å². The third-order valence-electron chi connectivity index (χ3n) is 3.13. The lowest BCUT2D eigenvalue weighted by Gasteiger charge is -2.01. The lowest BCUT2D eigenvalue weighted by Crippen LogP contribution is -2.05. The molecule has 0 radical (unpaired) electrons. The number of non-ortho nitro benzene ring substituents is 1. The van der Waals surface area contributed by atoms with Gasteiger partial charge in [-0.1, -0.05) is 18.2 Å². The van der Waals surface area contributed by atoms with Crippen LogP contribution >= 0.6 is 0 Å². The minimum Gasteiger partial charge on any atom is -0.452 e. The second-order valence-electron chi connectivity index (χ2n) is 4.75. The van der Waals surface area contributed by atoms with E-state index in [1.165, 1.54) is 24.3 Å². The Morgan fingerprint density at radius 2 is 1.79 bits per heavy atom. The maximum atomic E-state index is 11.9. The Hall–Kier alpha value is -3.55. The number of hydrogen-bond donors (Lipinski definition) is 0. The van der Waals surface area contributed by atoms with Crippen LogP contribution in [0.5, 0.6) is 0 Å². The molecule has 8 heteroatoms. The number of nitrogens with zero attached hydrogens (tertiary/aromatic N) is 3. The van der Waals surface area contributed by atoms with E-state index >= 15 is 0 Å². The van der Waals surface area contributed by atoms with Gasteiger partial charge in [0.1, 0.15) is 0 Å². The zero-order chi connectivity index (χ0) is 16.9. The summed E-state index contributed by atoms with van der Waals surface area (Å²) in [5.74, 6) is -0.148. The Bertz CT molecular complexity index is 859. The summed E-state index contributed by atoms with van der Waals surface area (Å²) in [5.41, 5.74) is 0.859.